The van der Waals surface area contributed by atoms with Gasteiger partial charge in [-0.1, -0.05) is 15.9 Å². The molecule has 3 nitrogen and oxygen atoms in total. The van der Waals surface area contributed by atoms with Crippen molar-refractivity contribution in [3.05, 3.63) is 22.7 Å². The smallest absolute Gasteiger partial charge is 0.240 e. The molecule has 16 heavy (non-hydrogen) atoms. The van der Waals surface area contributed by atoms with E-state index >= 15 is 0 Å². The van der Waals surface area contributed by atoms with Crippen molar-refractivity contribution < 1.29 is 9.53 Å². The first-order valence-electron chi connectivity index (χ1n) is 4.68. The van der Waals surface area contributed by atoms with Gasteiger partial charge in [-0.2, -0.15) is 0 Å². The van der Waals surface area contributed by atoms with E-state index in [-0.39, 0.29) is 5.91 Å². The van der Waals surface area contributed by atoms with Gasteiger partial charge in [0.15, 0.2) is 0 Å². The fourth-order valence-electron chi connectivity index (χ4n) is 1.02. The molecule has 88 valence electrons. The third-order valence-corrected chi connectivity index (χ3v) is 2.96. The molecule has 0 bridgehead atoms. The Kier molecular flexibility index (Phi) is 4.38. The van der Waals surface area contributed by atoms with Gasteiger partial charge in [0.2, 0.25) is 5.91 Å². The number of methoxy groups -OCH3 is 1. The number of ether oxygens (including phenoxy) is 1. The van der Waals surface area contributed by atoms with E-state index in [1.165, 1.54) is 0 Å². The van der Waals surface area contributed by atoms with Crippen LogP contribution in [0.15, 0.2) is 22.7 Å². The van der Waals surface area contributed by atoms with E-state index in [0.29, 0.717) is 11.4 Å². The molecule has 0 unspecified atom stereocenters. The van der Waals surface area contributed by atoms with E-state index in [4.69, 9.17) is 4.74 Å². The second kappa shape index (κ2) is 5.19. The quantitative estimate of drug-likeness (QED) is 0.846. The number of carbonyl (C=O) groups excluding carboxylic acids is 1. The van der Waals surface area contributed by atoms with Gasteiger partial charge in [-0.05, 0) is 41.9 Å². The second-order valence-electron chi connectivity index (χ2n) is 3.78. The maximum absolute atomic E-state index is 11.7. The van der Waals surface area contributed by atoms with Crippen molar-refractivity contribution in [3.8, 4) is 5.75 Å². The first kappa shape index (κ1) is 13.5. The predicted octanol–water partition coefficient (Wildman–Crippen LogP) is 3.57. The number of nitrogens with one attached hydrogen (secondary N) is 1. The molecule has 0 saturated carbocycles. The molecule has 0 heterocycles. The minimum absolute atomic E-state index is 0.100. The van der Waals surface area contributed by atoms with E-state index in [2.05, 4.69) is 37.2 Å². The Morgan fingerprint density at radius 2 is 2.06 bits per heavy atom. The average Bonchev–Trinajstić information content (AvgIpc) is 2.19. The summed E-state index contributed by atoms with van der Waals surface area (Å²) in [4.78, 5) is 11.7. The van der Waals surface area contributed by atoms with Crippen LogP contribution in [-0.4, -0.2) is 17.3 Å². The average molecular weight is 351 g/mol. The number of rotatable bonds is 3. The largest absolute Gasteiger partial charge is 0.495 e. The molecule has 0 aliphatic carbocycles. The number of halogens is 2. The van der Waals surface area contributed by atoms with Gasteiger partial charge >= 0.3 is 0 Å². The van der Waals surface area contributed by atoms with Crippen molar-refractivity contribution >= 4 is 43.5 Å². The SMILES string of the molecule is COc1cc(NC(=O)C(C)(C)Br)ccc1Br. The maximum atomic E-state index is 11.7. The highest BCUT2D eigenvalue weighted by molar-refractivity contribution is 9.10. The molecule has 0 atom stereocenters. The molecule has 5 heteroatoms. The lowest BCUT2D eigenvalue weighted by Gasteiger charge is -2.16. The van der Waals surface area contributed by atoms with Crippen LogP contribution in [0.5, 0.6) is 5.75 Å². The van der Waals surface area contributed by atoms with Crippen LogP contribution in [-0.2, 0) is 4.79 Å². The molecule has 0 radical (unpaired) electrons. The number of hydrogen-bond acceptors (Lipinski definition) is 2. The van der Waals surface area contributed by atoms with Crippen LogP contribution >= 0.6 is 31.9 Å². The Bertz CT molecular complexity index is 399. The van der Waals surface area contributed by atoms with Crippen molar-refractivity contribution in [1.29, 1.82) is 0 Å². The van der Waals surface area contributed by atoms with Gasteiger partial charge in [0.1, 0.15) is 5.75 Å². The van der Waals surface area contributed by atoms with E-state index < -0.39 is 4.32 Å². The van der Waals surface area contributed by atoms with Crippen LogP contribution in [0.2, 0.25) is 0 Å². The number of benzene rings is 1. The fraction of sp³-hybridized carbons (Fsp3) is 0.364. The van der Waals surface area contributed by atoms with Crippen LogP contribution < -0.4 is 10.1 Å². The third-order valence-electron chi connectivity index (χ3n) is 1.95. The standard InChI is InChI=1S/C11H13Br2NO2/c1-11(2,13)10(15)14-7-4-5-8(12)9(6-7)16-3/h4-6H,1-3H3,(H,14,15). The van der Waals surface area contributed by atoms with Crippen LogP contribution in [0.1, 0.15) is 13.8 Å². The molecular weight excluding hydrogens is 338 g/mol. The van der Waals surface area contributed by atoms with Gasteiger partial charge in [0.05, 0.1) is 15.9 Å². The summed E-state index contributed by atoms with van der Waals surface area (Å²) >= 11 is 6.65. The summed E-state index contributed by atoms with van der Waals surface area (Å²) in [5.41, 5.74) is 0.706. The minimum Gasteiger partial charge on any atom is -0.495 e. The van der Waals surface area contributed by atoms with Gasteiger partial charge in [-0.25, -0.2) is 0 Å². The van der Waals surface area contributed by atoms with Crippen molar-refractivity contribution in [2.75, 3.05) is 12.4 Å². The summed E-state index contributed by atoms with van der Waals surface area (Å²) in [6.45, 7) is 3.58. The molecule has 0 aromatic heterocycles. The van der Waals surface area contributed by atoms with Gasteiger partial charge in [-0.15, -0.1) is 0 Å². The number of anilines is 1. The van der Waals surface area contributed by atoms with E-state index in [9.17, 15) is 4.79 Å². The summed E-state index contributed by atoms with van der Waals surface area (Å²) in [7, 11) is 1.58. The Morgan fingerprint density at radius 3 is 2.56 bits per heavy atom. The topological polar surface area (TPSA) is 38.3 Å². The Balaban J connectivity index is 2.87. The highest BCUT2D eigenvalue weighted by Crippen LogP contribution is 2.28. The molecule has 1 aromatic carbocycles. The molecule has 1 rings (SSSR count). The monoisotopic (exact) mass is 349 g/mol. The zero-order valence-corrected chi connectivity index (χ0v) is 12.5. The summed E-state index contributed by atoms with van der Waals surface area (Å²) in [6, 6.07) is 5.40. The number of alkyl halides is 1. The molecule has 0 saturated heterocycles. The van der Waals surface area contributed by atoms with Crippen molar-refractivity contribution in [2.45, 2.75) is 18.2 Å². The number of carbonyl (C=O) groups is 1. The predicted molar refractivity (Wildman–Crippen MR) is 72.3 cm³/mol. The van der Waals surface area contributed by atoms with Gasteiger partial charge in [-0.3, -0.25) is 4.79 Å². The maximum Gasteiger partial charge on any atom is 0.240 e. The lowest BCUT2D eigenvalue weighted by atomic mass is 10.2. The normalized spacial score (nSPS) is 11.1. The summed E-state index contributed by atoms with van der Waals surface area (Å²) < 4.78 is 5.41. The summed E-state index contributed by atoms with van der Waals surface area (Å²) in [5.74, 6) is 0.585. The van der Waals surface area contributed by atoms with Crippen molar-refractivity contribution in [1.82, 2.24) is 0 Å². The molecule has 1 amide bonds. The zero-order valence-electron chi connectivity index (χ0n) is 9.30. The molecule has 0 spiro atoms. The number of hydrogen-bond donors (Lipinski definition) is 1. The summed E-state index contributed by atoms with van der Waals surface area (Å²) in [5, 5.41) is 2.80. The highest BCUT2D eigenvalue weighted by atomic mass is 79.9. The van der Waals surface area contributed by atoms with Crippen LogP contribution in [0.3, 0.4) is 0 Å². The Hall–Kier alpha value is -0.550. The third kappa shape index (κ3) is 3.49. The van der Waals surface area contributed by atoms with E-state index in [1.54, 1.807) is 27.0 Å². The first-order valence-corrected chi connectivity index (χ1v) is 6.27. The zero-order chi connectivity index (χ0) is 12.3. The first-order chi connectivity index (χ1) is 7.34. The molecule has 0 fully saturated rings. The highest BCUT2D eigenvalue weighted by Gasteiger charge is 2.23. The molecule has 0 aliphatic heterocycles. The summed E-state index contributed by atoms with van der Waals surface area (Å²) in [6.07, 6.45) is 0. The Labute approximate surface area is 112 Å². The van der Waals surface area contributed by atoms with Gasteiger partial charge in [0.25, 0.3) is 0 Å². The van der Waals surface area contributed by atoms with Gasteiger partial charge in [0, 0.05) is 11.8 Å². The lowest BCUT2D eigenvalue weighted by molar-refractivity contribution is -0.117. The lowest BCUT2D eigenvalue weighted by Crippen LogP contribution is -2.30. The van der Waals surface area contributed by atoms with Gasteiger partial charge < -0.3 is 10.1 Å². The second-order valence-corrected chi connectivity index (χ2v) is 6.61. The van der Waals surface area contributed by atoms with Crippen LogP contribution in [0, 0.1) is 0 Å². The Morgan fingerprint density at radius 1 is 1.44 bits per heavy atom. The van der Waals surface area contributed by atoms with E-state index in [1.807, 2.05) is 12.1 Å². The molecule has 0 aliphatic rings. The molecule has 1 aromatic rings. The van der Waals surface area contributed by atoms with Crippen LogP contribution in [0.4, 0.5) is 5.69 Å². The van der Waals surface area contributed by atoms with Crippen molar-refractivity contribution in [2.24, 2.45) is 0 Å². The molecular formula is C11H13Br2NO2. The van der Waals surface area contributed by atoms with Crippen LogP contribution in [0.25, 0.3) is 0 Å². The minimum atomic E-state index is -0.590. The van der Waals surface area contributed by atoms with E-state index in [0.717, 1.165) is 4.47 Å². The molecule has 1 N–H and O–H groups in total. The number of amides is 1. The fourth-order valence-corrected chi connectivity index (χ4v) is 1.52. The van der Waals surface area contributed by atoms with Crippen molar-refractivity contribution in [3.63, 3.8) is 0 Å².